The highest BCUT2D eigenvalue weighted by Crippen LogP contribution is 2.46. The molecule has 0 radical (unpaired) electrons. The molecule has 0 unspecified atom stereocenters. The highest BCUT2D eigenvalue weighted by molar-refractivity contribution is 7.26. The maximum absolute atomic E-state index is 6.71. The molecule has 0 bridgehead atoms. The van der Waals surface area contributed by atoms with Crippen LogP contribution in [-0.4, -0.2) is 9.13 Å². The fourth-order valence-corrected chi connectivity index (χ4v) is 9.04. The Kier molecular flexibility index (Phi) is 4.72. The maximum atomic E-state index is 6.71. The Labute approximate surface area is 266 Å². The maximum Gasteiger partial charge on any atom is 0.145 e. The van der Waals surface area contributed by atoms with Crippen molar-refractivity contribution in [3.8, 4) is 11.4 Å². The Bertz CT molecular complexity index is 2990. The van der Waals surface area contributed by atoms with Crippen molar-refractivity contribution in [2.75, 3.05) is 0 Å². The normalized spacial score (nSPS) is 12.3. The number of furan rings is 1. The van der Waals surface area contributed by atoms with Gasteiger partial charge in [0, 0.05) is 42.4 Å². The predicted octanol–water partition coefficient (Wildman–Crippen LogP) is 12.1. The van der Waals surface area contributed by atoms with Crippen LogP contribution in [0.3, 0.4) is 0 Å². The van der Waals surface area contributed by atoms with Gasteiger partial charge in [-0.05, 0) is 48.5 Å². The molecule has 214 valence electrons. The lowest BCUT2D eigenvalue weighted by molar-refractivity contribution is 0.673. The van der Waals surface area contributed by atoms with Gasteiger partial charge in [-0.2, -0.15) is 0 Å². The van der Waals surface area contributed by atoms with Gasteiger partial charge in [0.1, 0.15) is 11.2 Å². The smallest absolute Gasteiger partial charge is 0.145 e. The second-order valence-electron chi connectivity index (χ2n) is 12.1. The summed E-state index contributed by atoms with van der Waals surface area (Å²) < 4.78 is 14.2. The number of para-hydroxylation sites is 4. The molecular weight excluding hydrogens is 581 g/mol. The average molecular weight is 605 g/mol. The van der Waals surface area contributed by atoms with Crippen LogP contribution in [0.4, 0.5) is 0 Å². The summed E-state index contributed by atoms with van der Waals surface area (Å²) in [6.45, 7) is 0. The number of fused-ring (bicyclic) bond motifs is 13. The van der Waals surface area contributed by atoms with Crippen molar-refractivity contribution in [2.24, 2.45) is 0 Å². The van der Waals surface area contributed by atoms with Crippen molar-refractivity contribution >= 4 is 97.1 Å². The zero-order chi connectivity index (χ0) is 29.9. The van der Waals surface area contributed by atoms with Crippen LogP contribution in [0.5, 0.6) is 0 Å². The van der Waals surface area contributed by atoms with Gasteiger partial charge < -0.3 is 13.6 Å². The third-order valence-electron chi connectivity index (χ3n) is 9.72. The fourth-order valence-electron chi connectivity index (χ4n) is 7.83. The minimum atomic E-state index is 0.913. The summed E-state index contributed by atoms with van der Waals surface area (Å²) in [6.07, 6.45) is 0. The van der Waals surface area contributed by atoms with Crippen molar-refractivity contribution in [2.45, 2.75) is 0 Å². The number of aromatic nitrogens is 2. The lowest BCUT2D eigenvalue weighted by atomic mass is 10.1. The van der Waals surface area contributed by atoms with E-state index in [9.17, 15) is 0 Å². The third-order valence-corrected chi connectivity index (χ3v) is 10.9. The summed E-state index contributed by atoms with van der Waals surface area (Å²) in [5, 5.41) is 9.70. The second kappa shape index (κ2) is 8.87. The molecular formula is C42H24N2OS. The summed E-state index contributed by atoms with van der Waals surface area (Å²) in [5.74, 6) is 0. The van der Waals surface area contributed by atoms with E-state index in [1.807, 2.05) is 17.4 Å². The van der Waals surface area contributed by atoms with Crippen molar-refractivity contribution in [1.82, 2.24) is 9.13 Å². The van der Waals surface area contributed by atoms with Crippen LogP contribution in [0.15, 0.2) is 150 Å². The third kappa shape index (κ3) is 3.06. The van der Waals surface area contributed by atoms with E-state index in [2.05, 4.69) is 149 Å². The average Bonchev–Trinajstić information content (AvgIpc) is 3.85. The van der Waals surface area contributed by atoms with Gasteiger partial charge in [-0.3, -0.25) is 0 Å². The monoisotopic (exact) mass is 604 g/mol. The SMILES string of the molecule is c1ccc2c(c1)oc1c2ccc2c1c1cccc(-n3c4ccccc4c4ccccc43)c1n2-c1cccc2c1sc1ccccc12. The number of rotatable bonds is 2. The van der Waals surface area contributed by atoms with Crippen molar-refractivity contribution < 1.29 is 4.42 Å². The van der Waals surface area contributed by atoms with Gasteiger partial charge >= 0.3 is 0 Å². The van der Waals surface area contributed by atoms with Crippen molar-refractivity contribution in [3.05, 3.63) is 146 Å². The number of benzene rings is 7. The Morgan fingerprint density at radius 2 is 1.04 bits per heavy atom. The molecule has 3 nitrogen and oxygen atoms in total. The van der Waals surface area contributed by atoms with Gasteiger partial charge in [0.25, 0.3) is 0 Å². The highest BCUT2D eigenvalue weighted by Gasteiger charge is 2.24. The number of thiophene rings is 1. The minimum Gasteiger partial charge on any atom is -0.455 e. The topological polar surface area (TPSA) is 23.0 Å². The van der Waals surface area contributed by atoms with Gasteiger partial charge in [-0.15, -0.1) is 11.3 Å². The first kappa shape index (κ1) is 24.5. The van der Waals surface area contributed by atoms with Gasteiger partial charge in [0.2, 0.25) is 0 Å². The summed E-state index contributed by atoms with van der Waals surface area (Å²) >= 11 is 1.87. The molecule has 0 N–H and O–H groups in total. The minimum absolute atomic E-state index is 0.913. The molecule has 0 saturated heterocycles. The molecule has 4 aromatic heterocycles. The fraction of sp³-hybridized carbons (Fsp3) is 0. The van der Waals surface area contributed by atoms with Gasteiger partial charge in [0.15, 0.2) is 0 Å². The first-order chi connectivity index (χ1) is 22.8. The lowest BCUT2D eigenvalue weighted by Crippen LogP contribution is -2.00. The van der Waals surface area contributed by atoms with Crippen LogP contribution in [0.1, 0.15) is 0 Å². The van der Waals surface area contributed by atoms with E-state index in [1.165, 1.54) is 58.6 Å². The summed E-state index contributed by atoms with van der Waals surface area (Å²) in [6, 6.07) is 52.7. The Morgan fingerprint density at radius 1 is 0.413 bits per heavy atom. The van der Waals surface area contributed by atoms with Gasteiger partial charge in [0.05, 0.1) is 43.5 Å². The Hall–Kier alpha value is -5.84. The van der Waals surface area contributed by atoms with E-state index >= 15 is 0 Å². The molecule has 46 heavy (non-hydrogen) atoms. The molecule has 4 heteroatoms. The first-order valence-electron chi connectivity index (χ1n) is 15.6. The first-order valence-corrected chi connectivity index (χ1v) is 16.4. The summed E-state index contributed by atoms with van der Waals surface area (Å²) in [4.78, 5) is 0. The molecule has 0 aliphatic rings. The number of hydrogen-bond donors (Lipinski definition) is 0. The lowest BCUT2D eigenvalue weighted by Gasteiger charge is -2.15. The number of nitrogens with zero attached hydrogens (tertiary/aromatic N) is 2. The highest BCUT2D eigenvalue weighted by atomic mass is 32.1. The van der Waals surface area contributed by atoms with E-state index in [-0.39, 0.29) is 0 Å². The molecule has 0 aliphatic heterocycles. The molecule has 0 spiro atoms. The zero-order valence-electron chi connectivity index (χ0n) is 24.6. The van der Waals surface area contributed by atoms with E-state index in [1.54, 1.807) is 0 Å². The largest absolute Gasteiger partial charge is 0.455 e. The standard InChI is InChI=1S/C42H24N2OS/c1-5-17-32-25(11-1)26-12-2-6-18-33(26)43(32)35-19-10-16-31-39-34(24-23-29-27-13-3-7-21-37(27)45-41(29)39)44(40(31)35)36-20-9-15-30-28-14-4-8-22-38(28)46-42(30)36/h1-24H. The molecule has 11 rings (SSSR count). The molecule has 0 amide bonds. The molecule has 11 aromatic rings. The number of hydrogen-bond acceptors (Lipinski definition) is 2. The summed E-state index contributed by atoms with van der Waals surface area (Å²) in [7, 11) is 0. The van der Waals surface area contributed by atoms with E-state index < -0.39 is 0 Å². The van der Waals surface area contributed by atoms with E-state index in [0.29, 0.717) is 0 Å². The molecule has 4 heterocycles. The molecule has 0 aliphatic carbocycles. The van der Waals surface area contributed by atoms with Crippen LogP contribution in [0.25, 0.3) is 97.1 Å². The van der Waals surface area contributed by atoms with Crippen LogP contribution in [-0.2, 0) is 0 Å². The molecule has 0 saturated carbocycles. The van der Waals surface area contributed by atoms with Crippen molar-refractivity contribution in [1.29, 1.82) is 0 Å². The molecule has 7 aromatic carbocycles. The van der Waals surface area contributed by atoms with Gasteiger partial charge in [-0.25, -0.2) is 0 Å². The molecule has 0 fully saturated rings. The van der Waals surface area contributed by atoms with Crippen molar-refractivity contribution in [3.63, 3.8) is 0 Å². The second-order valence-corrected chi connectivity index (χ2v) is 13.1. The quantitative estimate of drug-likeness (QED) is 0.192. The zero-order valence-corrected chi connectivity index (χ0v) is 25.4. The summed E-state index contributed by atoms with van der Waals surface area (Å²) in [5.41, 5.74) is 8.88. The molecule has 0 atom stereocenters. The van der Waals surface area contributed by atoms with E-state index in [4.69, 9.17) is 4.42 Å². The predicted molar refractivity (Wildman–Crippen MR) is 195 cm³/mol. The van der Waals surface area contributed by atoms with Crippen LogP contribution >= 0.6 is 11.3 Å². The Morgan fingerprint density at radius 3 is 1.85 bits per heavy atom. The van der Waals surface area contributed by atoms with Gasteiger partial charge in [-0.1, -0.05) is 97.1 Å². The Balaban J connectivity index is 1.39. The van der Waals surface area contributed by atoms with Crippen LogP contribution < -0.4 is 0 Å². The van der Waals surface area contributed by atoms with Crippen LogP contribution in [0.2, 0.25) is 0 Å². The van der Waals surface area contributed by atoms with E-state index in [0.717, 1.165) is 38.5 Å². The van der Waals surface area contributed by atoms with Crippen LogP contribution in [0, 0.1) is 0 Å².